The smallest absolute Gasteiger partial charge is 0.249 e. The molecule has 2 fully saturated rings. The predicted molar refractivity (Wildman–Crippen MR) is 68.6 cm³/mol. The molecule has 2 heterocycles. The molecule has 0 bridgehead atoms. The summed E-state index contributed by atoms with van der Waals surface area (Å²) in [6, 6.07) is 1.89. The van der Waals surface area contributed by atoms with E-state index in [1.54, 1.807) is 0 Å². The summed E-state index contributed by atoms with van der Waals surface area (Å²) in [5.41, 5.74) is 5.24. The zero-order valence-corrected chi connectivity index (χ0v) is 10.8. The van der Waals surface area contributed by atoms with Crippen molar-refractivity contribution < 1.29 is 4.79 Å². The van der Waals surface area contributed by atoms with Gasteiger partial charge in [0.1, 0.15) is 0 Å². The number of nitriles is 1. The van der Waals surface area contributed by atoms with Gasteiger partial charge in [0.25, 0.3) is 0 Å². The Morgan fingerprint density at radius 2 is 1.78 bits per heavy atom. The van der Waals surface area contributed by atoms with Gasteiger partial charge in [0.15, 0.2) is 6.04 Å². The van der Waals surface area contributed by atoms with Crippen molar-refractivity contribution >= 4 is 5.91 Å². The number of hydrogen-bond donors (Lipinski definition) is 1. The van der Waals surface area contributed by atoms with Gasteiger partial charge in [-0.1, -0.05) is 6.42 Å². The molecular weight excluding hydrogens is 228 g/mol. The van der Waals surface area contributed by atoms with Crippen molar-refractivity contribution in [3.05, 3.63) is 0 Å². The van der Waals surface area contributed by atoms with Crippen LogP contribution < -0.4 is 5.73 Å². The van der Waals surface area contributed by atoms with E-state index in [9.17, 15) is 4.79 Å². The highest BCUT2D eigenvalue weighted by atomic mass is 16.1. The number of carbonyl (C=O) groups is 1. The molecule has 2 saturated heterocycles. The average molecular weight is 250 g/mol. The van der Waals surface area contributed by atoms with Crippen molar-refractivity contribution in [3.63, 3.8) is 0 Å². The van der Waals surface area contributed by atoms with E-state index in [0.717, 1.165) is 25.9 Å². The Morgan fingerprint density at radius 1 is 1.17 bits per heavy atom. The van der Waals surface area contributed by atoms with Gasteiger partial charge >= 0.3 is 0 Å². The third-order valence-electron chi connectivity index (χ3n) is 4.16. The third-order valence-corrected chi connectivity index (χ3v) is 4.16. The molecule has 0 radical (unpaired) electrons. The Bertz CT molecular complexity index is 324. The molecular formula is C13H22N4O. The van der Waals surface area contributed by atoms with Crippen LogP contribution in [0.4, 0.5) is 0 Å². The van der Waals surface area contributed by atoms with Crippen molar-refractivity contribution in [1.82, 2.24) is 9.80 Å². The zero-order valence-electron chi connectivity index (χ0n) is 10.8. The lowest BCUT2D eigenvalue weighted by Gasteiger charge is -2.40. The summed E-state index contributed by atoms with van der Waals surface area (Å²) in [5, 5.41) is 8.96. The average Bonchev–Trinajstić information content (AvgIpc) is 2.41. The number of amides is 1. The lowest BCUT2D eigenvalue weighted by molar-refractivity contribution is -0.122. The lowest BCUT2D eigenvalue weighted by atomic mass is 9.99. The zero-order chi connectivity index (χ0) is 13.0. The van der Waals surface area contributed by atoms with Gasteiger partial charge in [0, 0.05) is 19.1 Å². The Balaban J connectivity index is 1.84. The first-order chi connectivity index (χ1) is 8.72. The van der Waals surface area contributed by atoms with Gasteiger partial charge < -0.3 is 10.6 Å². The first kappa shape index (κ1) is 13.3. The van der Waals surface area contributed by atoms with Gasteiger partial charge in [0.2, 0.25) is 5.91 Å². The van der Waals surface area contributed by atoms with E-state index < -0.39 is 11.9 Å². The van der Waals surface area contributed by atoms with E-state index in [1.807, 2.05) is 11.0 Å². The summed E-state index contributed by atoms with van der Waals surface area (Å²) in [7, 11) is 0. The van der Waals surface area contributed by atoms with E-state index in [4.69, 9.17) is 11.0 Å². The van der Waals surface area contributed by atoms with Crippen LogP contribution in [0.3, 0.4) is 0 Å². The fraction of sp³-hybridized carbons (Fsp3) is 0.846. The quantitative estimate of drug-likeness (QED) is 0.782. The third kappa shape index (κ3) is 3.01. The Hall–Kier alpha value is -1.12. The molecule has 0 aromatic rings. The maximum absolute atomic E-state index is 11.2. The number of hydrogen-bond acceptors (Lipinski definition) is 4. The molecule has 0 spiro atoms. The van der Waals surface area contributed by atoms with Crippen molar-refractivity contribution in [1.29, 1.82) is 5.26 Å². The van der Waals surface area contributed by atoms with E-state index in [1.165, 1.54) is 32.4 Å². The molecule has 5 heteroatoms. The van der Waals surface area contributed by atoms with Crippen molar-refractivity contribution in [2.45, 2.75) is 44.2 Å². The first-order valence-corrected chi connectivity index (χ1v) is 6.89. The molecule has 2 aliphatic heterocycles. The largest absolute Gasteiger partial charge is 0.367 e. The minimum atomic E-state index is -0.743. The van der Waals surface area contributed by atoms with Gasteiger partial charge in [-0.2, -0.15) is 5.26 Å². The lowest BCUT2D eigenvalue weighted by Crippen LogP contribution is -2.52. The monoisotopic (exact) mass is 250 g/mol. The molecule has 0 aromatic carbocycles. The minimum Gasteiger partial charge on any atom is -0.367 e. The molecule has 0 aliphatic carbocycles. The number of nitrogens with two attached hydrogens (primary N) is 1. The van der Waals surface area contributed by atoms with Crippen molar-refractivity contribution in [2.75, 3.05) is 26.2 Å². The number of rotatable bonds is 3. The highest BCUT2D eigenvalue weighted by Gasteiger charge is 2.30. The van der Waals surface area contributed by atoms with Gasteiger partial charge in [-0.3, -0.25) is 9.69 Å². The summed E-state index contributed by atoms with van der Waals surface area (Å²) >= 11 is 0. The number of nitrogens with zero attached hydrogens (tertiary/aromatic N) is 3. The van der Waals surface area contributed by atoms with E-state index in [0.29, 0.717) is 6.04 Å². The van der Waals surface area contributed by atoms with Gasteiger partial charge in [-0.25, -0.2) is 0 Å². The van der Waals surface area contributed by atoms with Crippen LogP contribution >= 0.6 is 0 Å². The van der Waals surface area contributed by atoms with E-state index >= 15 is 0 Å². The summed E-state index contributed by atoms with van der Waals surface area (Å²) in [5.74, 6) is -0.520. The van der Waals surface area contributed by atoms with Crippen LogP contribution in [0.15, 0.2) is 0 Å². The SMILES string of the molecule is N#CC(C(N)=O)N1CCC(N2CCCCC2)CC1. The van der Waals surface area contributed by atoms with Crippen molar-refractivity contribution in [2.24, 2.45) is 5.73 Å². The molecule has 1 atom stereocenters. The van der Waals surface area contributed by atoms with Crippen LogP contribution in [0.2, 0.25) is 0 Å². The van der Waals surface area contributed by atoms with E-state index in [2.05, 4.69) is 4.90 Å². The van der Waals surface area contributed by atoms with Gasteiger partial charge in [-0.15, -0.1) is 0 Å². The van der Waals surface area contributed by atoms with E-state index in [-0.39, 0.29) is 0 Å². The molecule has 2 aliphatic rings. The van der Waals surface area contributed by atoms with Crippen LogP contribution in [-0.2, 0) is 4.79 Å². The number of likely N-dealkylation sites (tertiary alicyclic amines) is 2. The fourth-order valence-electron chi connectivity index (χ4n) is 3.12. The standard InChI is InChI=1S/C13H22N4O/c14-10-12(13(15)18)17-8-4-11(5-9-17)16-6-2-1-3-7-16/h11-12H,1-9H2,(H2,15,18). The summed E-state index contributed by atoms with van der Waals surface area (Å²) in [6.07, 6.45) is 6.06. The van der Waals surface area contributed by atoms with Crippen LogP contribution in [0.5, 0.6) is 0 Å². The molecule has 18 heavy (non-hydrogen) atoms. The molecule has 100 valence electrons. The first-order valence-electron chi connectivity index (χ1n) is 6.89. The maximum Gasteiger partial charge on any atom is 0.249 e. The Kier molecular flexibility index (Phi) is 4.56. The minimum absolute atomic E-state index is 0.520. The highest BCUT2D eigenvalue weighted by molar-refractivity contribution is 5.82. The molecule has 2 N–H and O–H groups in total. The Morgan fingerprint density at radius 3 is 2.28 bits per heavy atom. The second-order valence-corrected chi connectivity index (χ2v) is 5.30. The molecule has 0 aromatic heterocycles. The summed E-state index contributed by atoms with van der Waals surface area (Å²) in [6.45, 7) is 4.04. The Labute approximate surface area is 109 Å². The number of carbonyl (C=O) groups excluding carboxylic acids is 1. The number of piperidine rings is 2. The predicted octanol–water partition coefficient (Wildman–Crippen LogP) is 0.314. The highest BCUT2D eigenvalue weighted by Crippen LogP contribution is 2.21. The molecule has 1 unspecified atom stereocenters. The summed E-state index contributed by atoms with van der Waals surface area (Å²) in [4.78, 5) is 15.7. The summed E-state index contributed by atoms with van der Waals surface area (Å²) < 4.78 is 0. The van der Waals surface area contributed by atoms with Gasteiger partial charge in [-0.05, 0) is 38.8 Å². The number of primary amides is 1. The normalized spacial score (nSPS) is 25.5. The fourth-order valence-corrected chi connectivity index (χ4v) is 3.12. The van der Waals surface area contributed by atoms with Gasteiger partial charge in [0.05, 0.1) is 6.07 Å². The molecule has 5 nitrogen and oxygen atoms in total. The van der Waals surface area contributed by atoms with Crippen molar-refractivity contribution in [3.8, 4) is 6.07 Å². The maximum atomic E-state index is 11.2. The van der Waals surface area contributed by atoms with Crippen LogP contribution in [0, 0.1) is 11.3 Å². The second kappa shape index (κ2) is 6.17. The topological polar surface area (TPSA) is 73.4 Å². The molecule has 1 amide bonds. The van der Waals surface area contributed by atoms with Crippen LogP contribution in [-0.4, -0.2) is 54.0 Å². The van der Waals surface area contributed by atoms with Crippen LogP contribution in [0.25, 0.3) is 0 Å². The second-order valence-electron chi connectivity index (χ2n) is 5.30. The van der Waals surface area contributed by atoms with Crippen LogP contribution in [0.1, 0.15) is 32.1 Å². The molecule has 2 rings (SSSR count). The molecule has 0 saturated carbocycles.